The lowest BCUT2D eigenvalue weighted by Gasteiger charge is -1.92. The van der Waals surface area contributed by atoms with E-state index in [1.165, 1.54) is 11.3 Å². The molecule has 64 valence electrons. The molecule has 0 saturated heterocycles. The molecule has 0 N–H and O–H groups in total. The molecule has 0 fully saturated rings. The maximum absolute atomic E-state index is 8.51. The van der Waals surface area contributed by atoms with Crippen molar-refractivity contribution in [2.24, 2.45) is 0 Å². The van der Waals surface area contributed by atoms with Gasteiger partial charge in [-0.15, -0.1) is 11.3 Å². The largest absolute Gasteiger partial charge is 0.225 e. The van der Waals surface area contributed by atoms with Gasteiger partial charge in [-0.3, -0.25) is 0 Å². The Morgan fingerprint density at radius 1 is 1.54 bits per heavy atom. The molecule has 1 heterocycles. The van der Waals surface area contributed by atoms with E-state index >= 15 is 0 Å². The molecule has 2 rings (SSSR count). The molecule has 4 heteroatoms. The standard InChI is InChI=1S/C9H5ClN2S/c10-9-12-7-2-1-6(3-4-11)5-8(7)13-9/h1-2,5H,3H2. The summed E-state index contributed by atoms with van der Waals surface area (Å²) in [5.74, 6) is 0. The summed E-state index contributed by atoms with van der Waals surface area (Å²) >= 11 is 7.19. The third-order valence-electron chi connectivity index (χ3n) is 1.71. The van der Waals surface area contributed by atoms with Crippen LogP contribution in [0, 0.1) is 11.3 Å². The molecule has 0 aliphatic rings. The lowest BCUT2D eigenvalue weighted by Crippen LogP contribution is -1.79. The number of fused-ring (bicyclic) bond motifs is 1. The van der Waals surface area contributed by atoms with E-state index in [9.17, 15) is 0 Å². The predicted octanol–water partition coefficient (Wildman–Crippen LogP) is 3.02. The van der Waals surface area contributed by atoms with E-state index in [4.69, 9.17) is 16.9 Å². The number of halogens is 1. The summed E-state index contributed by atoms with van der Waals surface area (Å²) in [4.78, 5) is 4.12. The van der Waals surface area contributed by atoms with Gasteiger partial charge in [0.05, 0.1) is 22.7 Å². The van der Waals surface area contributed by atoms with Gasteiger partial charge in [0, 0.05) is 0 Å². The van der Waals surface area contributed by atoms with Crippen molar-refractivity contribution in [2.45, 2.75) is 6.42 Å². The summed E-state index contributed by atoms with van der Waals surface area (Å²) in [7, 11) is 0. The Morgan fingerprint density at radius 3 is 3.15 bits per heavy atom. The van der Waals surface area contributed by atoms with Crippen molar-refractivity contribution >= 4 is 33.2 Å². The minimum Gasteiger partial charge on any atom is -0.225 e. The van der Waals surface area contributed by atoms with Gasteiger partial charge < -0.3 is 0 Å². The molecule has 0 atom stereocenters. The van der Waals surface area contributed by atoms with Crippen molar-refractivity contribution in [3.8, 4) is 6.07 Å². The van der Waals surface area contributed by atoms with Crippen LogP contribution in [0.2, 0.25) is 4.47 Å². The highest BCUT2D eigenvalue weighted by Gasteiger charge is 2.01. The quantitative estimate of drug-likeness (QED) is 0.723. The normalized spacial score (nSPS) is 10.2. The number of nitrogens with zero attached hydrogens (tertiary/aromatic N) is 2. The molecule has 0 aliphatic carbocycles. The number of aromatic nitrogens is 1. The maximum Gasteiger partial charge on any atom is 0.184 e. The molecule has 2 aromatic rings. The zero-order valence-corrected chi connectivity index (χ0v) is 8.19. The SMILES string of the molecule is N#CCc1ccc2nc(Cl)sc2c1. The second-order valence-electron chi connectivity index (χ2n) is 2.60. The first-order chi connectivity index (χ1) is 6.29. The summed E-state index contributed by atoms with van der Waals surface area (Å²) < 4.78 is 1.59. The van der Waals surface area contributed by atoms with Gasteiger partial charge in [0.15, 0.2) is 4.47 Å². The van der Waals surface area contributed by atoms with Crippen LogP contribution >= 0.6 is 22.9 Å². The lowest BCUT2D eigenvalue weighted by atomic mass is 10.2. The zero-order valence-electron chi connectivity index (χ0n) is 6.62. The average molecular weight is 209 g/mol. The maximum atomic E-state index is 8.51. The van der Waals surface area contributed by atoms with Gasteiger partial charge in [0.1, 0.15) is 0 Å². The zero-order chi connectivity index (χ0) is 9.26. The highest BCUT2D eigenvalue weighted by Crippen LogP contribution is 2.26. The second-order valence-corrected chi connectivity index (χ2v) is 4.22. The van der Waals surface area contributed by atoms with Crippen LogP contribution in [0.3, 0.4) is 0 Å². The Bertz CT molecular complexity index is 484. The van der Waals surface area contributed by atoms with Crippen LogP contribution in [0.15, 0.2) is 18.2 Å². The molecular weight excluding hydrogens is 204 g/mol. The van der Waals surface area contributed by atoms with Gasteiger partial charge in [-0.05, 0) is 17.7 Å². The molecule has 1 aromatic heterocycles. The summed E-state index contributed by atoms with van der Waals surface area (Å²) in [6, 6.07) is 7.86. The van der Waals surface area contributed by atoms with E-state index in [1.54, 1.807) is 0 Å². The van der Waals surface area contributed by atoms with Gasteiger partial charge in [-0.25, -0.2) is 4.98 Å². The van der Waals surface area contributed by atoms with Crippen LogP contribution in [0.25, 0.3) is 10.2 Å². The molecule has 2 nitrogen and oxygen atoms in total. The molecule has 1 aromatic carbocycles. The molecule has 0 aliphatic heterocycles. The minimum absolute atomic E-state index is 0.436. The fourth-order valence-electron chi connectivity index (χ4n) is 1.14. The van der Waals surface area contributed by atoms with E-state index in [0.717, 1.165) is 15.8 Å². The Morgan fingerprint density at radius 2 is 2.38 bits per heavy atom. The molecule has 0 bridgehead atoms. The van der Waals surface area contributed by atoms with Gasteiger partial charge in [0.25, 0.3) is 0 Å². The van der Waals surface area contributed by atoms with Crippen LogP contribution in [-0.4, -0.2) is 4.98 Å². The van der Waals surface area contributed by atoms with E-state index in [1.807, 2.05) is 18.2 Å². The van der Waals surface area contributed by atoms with Gasteiger partial charge >= 0.3 is 0 Å². The topological polar surface area (TPSA) is 36.7 Å². The van der Waals surface area contributed by atoms with Crippen molar-refractivity contribution < 1.29 is 0 Å². The van der Waals surface area contributed by atoms with Crippen LogP contribution in [0.5, 0.6) is 0 Å². The number of rotatable bonds is 1. The lowest BCUT2D eigenvalue weighted by molar-refractivity contribution is 1.27. The number of thiazole rings is 1. The van der Waals surface area contributed by atoms with Crippen LogP contribution in [0.4, 0.5) is 0 Å². The van der Waals surface area contributed by atoms with Crippen LogP contribution in [0.1, 0.15) is 5.56 Å². The summed E-state index contributed by atoms with van der Waals surface area (Å²) in [6.45, 7) is 0. The average Bonchev–Trinajstić information content (AvgIpc) is 2.44. The van der Waals surface area contributed by atoms with Gasteiger partial charge in [0.2, 0.25) is 0 Å². The first kappa shape index (κ1) is 8.49. The molecule has 0 radical (unpaired) electrons. The Balaban J connectivity index is 2.56. The Labute approximate surface area is 84.4 Å². The highest BCUT2D eigenvalue weighted by molar-refractivity contribution is 7.22. The van der Waals surface area contributed by atoms with Crippen molar-refractivity contribution in [1.29, 1.82) is 5.26 Å². The molecule has 13 heavy (non-hydrogen) atoms. The fourth-order valence-corrected chi connectivity index (χ4v) is 2.24. The van der Waals surface area contributed by atoms with Gasteiger partial charge in [-0.1, -0.05) is 17.7 Å². The Hall–Kier alpha value is -1.11. The van der Waals surface area contributed by atoms with Crippen molar-refractivity contribution in [2.75, 3.05) is 0 Å². The first-order valence-electron chi connectivity index (χ1n) is 3.71. The number of benzene rings is 1. The summed E-state index contributed by atoms with van der Waals surface area (Å²) in [5.41, 5.74) is 1.91. The molecule has 0 unspecified atom stereocenters. The van der Waals surface area contributed by atoms with E-state index in [0.29, 0.717) is 10.9 Å². The van der Waals surface area contributed by atoms with E-state index in [2.05, 4.69) is 11.1 Å². The van der Waals surface area contributed by atoms with Gasteiger partial charge in [-0.2, -0.15) is 5.26 Å². The summed E-state index contributed by atoms with van der Waals surface area (Å²) in [5, 5.41) is 8.51. The Kier molecular flexibility index (Phi) is 2.17. The van der Waals surface area contributed by atoms with E-state index in [-0.39, 0.29) is 0 Å². The third-order valence-corrected chi connectivity index (χ3v) is 2.83. The fraction of sp³-hybridized carbons (Fsp3) is 0.111. The van der Waals surface area contributed by atoms with Crippen LogP contribution in [-0.2, 0) is 6.42 Å². The first-order valence-corrected chi connectivity index (χ1v) is 4.91. The van der Waals surface area contributed by atoms with Crippen LogP contribution < -0.4 is 0 Å². The van der Waals surface area contributed by atoms with E-state index < -0.39 is 0 Å². The second kappa shape index (κ2) is 3.33. The third kappa shape index (κ3) is 1.64. The monoisotopic (exact) mass is 208 g/mol. The van der Waals surface area contributed by atoms with Crippen molar-refractivity contribution in [3.05, 3.63) is 28.2 Å². The minimum atomic E-state index is 0.436. The molecule has 0 saturated carbocycles. The number of nitriles is 1. The summed E-state index contributed by atoms with van der Waals surface area (Å²) in [6.07, 6.45) is 0.436. The van der Waals surface area contributed by atoms with Crippen molar-refractivity contribution in [1.82, 2.24) is 4.98 Å². The predicted molar refractivity (Wildman–Crippen MR) is 53.9 cm³/mol. The number of hydrogen-bond acceptors (Lipinski definition) is 3. The number of hydrogen-bond donors (Lipinski definition) is 0. The molecule has 0 spiro atoms. The van der Waals surface area contributed by atoms with Crippen molar-refractivity contribution in [3.63, 3.8) is 0 Å². The molecular formula is C9H5ClN2S. The smallest absolute Gasteiger partial charge is 0.184 e. The highest BCUT2D eigenvalue weighted by atomic mass is 35.5. The molecule has 0 amide bonds.